The Labute approximate surface area is 151 Å². The van der Waals surface area contributed by atoms with Crippen molar-refractivity contribution in [2.75, 3.05) is 0 Å². The van der Waals surface area contributed by atoms with E-state index in [1.165, 1.54) is 18.2 Å². The number of aryl methyl sites for hydroxylation is 1. The summed E-state index contributed by atoms with van der Waals surface area (Å²) in [6, 6.07) is 17.7. The zero-order chi connectivity index (χ0) is 18.5. The van der Waals surface area contributed by atoms with Crippen LogP contribution in [0.25, 0.3) is 12.2 Å². The lowest BCUT2D eigenvalue weighted by atomic mass is 9.97. The average molecular weight is 348 g/mol. The van der Waals surface area contributed by atoms with E-state index in [1.807, 2.05) is 36.4 Å². The Morgan fingerprint density at radius 1 is 0.654 bits per heavy atom. The topological polar surface area (TPSA) is 80.9 Å². The molecule has 0 atom stereocenters. The van der Waals surface area contributed by atoms with Gasteiger partial charge in [-0.15, -0.1) is 0 Å². The summed E-state index contributed by atoms with van der Waals surface area (Å²) in [5.74, 6) is -0.623. The lowest BCUT2D eigenvalue weighted by molar-refractivity contribution is 0.399. The van der Waals surface area contributed by atoms with Gasteiger partial charge < -0.3 is 20.4 Å². The second-order valence-electron chi connectivity index (χ2n) is 6.07. The third-order valence-corrected chi connectivity index (χ3v) is 4.26. The summed E-state index contributed by atoms with van der Waals surface area (Å²) in [4.78, 5) is 0. The fourth-order valence-corrected chi connectivity index (χ4v) is 2.80. The van der Waals surface area contributed by atoms with Gasteiger partial charge in [0, 0.05) is 5.56 Å². The summed E-state index contributed by atoms with van der Waals surface area (Å²) in [5.41, 5.74) is 3.30. The van der Waals surface area contributed by atoms with E-state index in [-0.39, 0.29) is 23.0 Å². The normalized spacial score (nSPS) is 11.1. The molecular weight excluding hydrogens is 328 g/mol. The molecule has 3 aromatic rings. The molecule has 0 saturated carbocycles. The lowest BCUT2D eigenvalue weighted by Gasteiger charge is -2.11. The standard InChI is InChI=1S/C22H20O4/c23-19-12-8-16(14-21(19)25)6-9-17-10-13-20(24)22(26)18(17)11-7-15-4-2-1-3-5-15/h1-6,8-10,12-14,23-26H,7,11H2. The first kappa shape index (κ1) is 17.4. The third kappa shape index (κ3) is 3.98. The number of phenols is 4. The van der Waals surface area contributed by atoms with Crippen molar-refractivity contribution in [3.05, 3.63) is 82.9 Å². The van der Waals surface area contributed by atoms with E-state index in [0.717, 1.165) is 17.5 Å². The maximum atomic E-state index is 10.3. The van der Waals surface area contributed by atoms with E-state index in [2.05, 4.69) is 0 Å². The minimum atomic E-state index is -0.190. The smallest absolute Gasteiger partial charge is 0.161 e. The van der Waals surface area contributed by atoms with Gasteiger partial charge in [-0.3, -0.25) is 0 Å². The van der Waals surface area contributed by atoms with Gasteiger partial charge in [0.15, 0.2) is 23.0 Å². The van der Waals surface area contributed by atoms with Gasteiger partial charge >= 0.3 is 0 Å². The molecule has 0 bridgehead atoms. The molecule has 4 nitrogen and oxygen atoms in total. The second-order valence-corrected chi connectivity index (χ2v) is 6.07. The largest absolute Gasteiger partial charge is 0.504 e. The molecule has 3 rings (SSSR count). The molecule has 132 valence electrons. The minimum Gasteiger partial charge on any atom is -0.504 e. The van der Waals surface area contributed by atoms with Crippen molar-refractivity contribution in [1.29, 1.82) is 0 Å². The molecule has 0 fully saturated rings. The maximum Gasteiger partial charge on any atom is 0.161 e. The van der Waals surface area contributed by atoms with E-state index in [4.69, 9.17) is 0 Å². The Hall–Kier alpha value is -3.40. The van der Waals surface area contributed by atoms with Gasteiger partial charge in [0.05, 0.1) is 0 Å². The monoisotopic (exact) mass is 348 g/mol. The van der Waals surface area contributed by atoms with Crippen molar-refractivity contribution >= 4 is 12.2 Å². The van der Waals surface area contributed by atoms with Crippen LogP contribution in [0.15, 0.2) is 60.7 Å². The molecule has 0 aliphatic heterocycles. The van der Waals surface area contributed by atoms with Crippen LogP contribution < -0.4 is 0 Å². The fourth-order valence-electron chi connectivity index (χ4n) is 2.80. The number of hydrogen-bond acceptors (Lipinski definition) is 4. The molecule has 0 saturated heterocycles. The highest BCUT2D eigenvalue weighted by Gasteiger charge is 2.11. The van der Waals surface area contributed by atoms with Crippen molar-refractivity contribution in [3.63, 3.8) is 0 Å². The predicted octanol–water partition coefficient (Wildman–Crippen LogP) is 4.46. The minimum absolute atomic E-state index is 0.114. The summed E-state index contributed by atoms with van der Waals surface area (Å²) in [6.45, 7) is 0. The number of rotatable bonds is 5. The Balaban J connectivity index is 1.87. The van der Waals surface area contributed by atoms with Gasteiger partial charge in [0.2, 0.25) is 0 Å². The van der Waals surface area contributed by atoms with Crippen LogP contribution in [0.2, 0.25) is 0 Å². The highest BCUT2D eigenvalue weighted by Crippen LogP contribution is 2.33. The van der Waals surface area contributed by atoms with E-state index in [9.17, 15) is 20.4 Å². The Kier molecular flexibility index (Phi) is 5.13. The summed E-state index contributed by atoms with van der Waals surface area (Å²) in [6.07, 6.45) is 4.89. The van der Waals surface area contributed by atoms with E-state index < -0.39 is 0 Å². The van der Waals surface area contributed by atoms with Gasteiger partial charge in [0.25, 0.3) is 0 Å². The Morgan fingerprint density at radius 3 is 2.12 bits per heavy atom. The highest BCUT2D eigenvalue weighted by atomic mass is 16.3. The van der Waals surface area contributed by atoms with E-state index in [0.29, 0.717) is 17.5 Å². The first-order chi connectivity index (χ1) is 12.5. The van der Waals surface area contributed by atoms with Gasteiger partial charge in [-0.25, -0.2) is 0 Å². The van der Waals surface area contributed by atoms with Crippen molar-refractivity contribution < 1.29 is 20.4 Å². The lowest BCUT2D eigenvalue weighted by Crippen LogP contribution is -1.95. The molecule has 0 unspecified atom stereocenters. The molecule has 3 aromatic carbocycles. The first-order valence-corrected chi connectivity index (χ1v) is 8.32. The van der Waals surface area contributed by atoms with Crippen LogP contribution in [-0.2, 0) is 12.8 Å². The van der Waals surface area contributed by atoms with Crippen LogP contribution in [0.3, 0.4) is 0 Å². The summed E-state index contributed by atoms with van der Waals surface area (Å²) >= 11 is 0. The number of hydrogen-bond donors (Lipinski definition) is 4. The van der Waals surface area contributed by atoms with Crippen molar-refractivity contribution in [2.24, 2.45) is 0 Å². The average Bonchev–Trinajstić information content (AvgIpc) is 2.65. The van der Waals surface area contributed by atoms with Crippen LogP contribution in [0.5, 0.6) is 23.0 Å². The second kappa shape index (κ2) is 7.66. The predicted molar refractivity (Wildman–Crippen MR) is 102 cm³/mol. The van der Waals surface area contributed by atoms with Crippen molar-refractivity contribution in [3.8, 4) is 23.0 Å². The summed E-state index contributed by atoms with van der Waals surface area (Å²) in [7, 11) is 0. The van der Waals surface area contributed by atoms with Crippen LogP contribution in [0.1, 0.15) is 22.3 Å². The van der Waals surface area contributed by atoms with Crippen LogP contribution in [-0.4, -0.2) is 20.4 Å². The number of aromatic hydroxyl groups is 4. The van der Waals surface area contributed by atoms with Gasteiger partial charge in [-0.1, -0.05) is 54.6 Å². The van der Waals surface area contributed by atoms with E-state index >= 15 is 0 Å². The molecule has 0 radical (unpaired) electrons. The molecular formula is C22H20O4. The molecule has 0 aliphatic rings. The van der Waals surface area contributed by atoms with Crippen LogP contribution in [0, 0.1) is 0 Å². The van der Waals surface area contributed by atoms with Gasteiger partial charge in [-0.05, 0) is 47.7 Å². The quantitative estimate of drug-likeness (QED) is 0.405. The molecule has 0 amide bonds. The molecule has 0 aromatic heterocycles. The molecule has 4 N–H and O–H groups in total. The van der Waals surface area contributed by atoms with Crippen LogP contribution >= 0.6 is 0 Å². The summed E-state index contributed by atoms with van der Waals surface area (Å²) in [5, 5.41) is 39.1. The Morgan fingerprint density at radius 2 is 1.38 bits per heavy atom. The highest BCUT2D eigenvalue weighted by molar-refractivity contribution is 5.74. The van der Waals surface area contributed by atoms with E-state index in [1.54, 1.807) is 18.2 Å². The molecule has 0 heterocycles. The van der Waals surface area contributed by atoms with Crippen molar-refractivity contribution in [1.82, 2.24) is 0 Å². The zero-order valence-corrected chi connectivity index (χ0v) is 14.1. The molecule has 26 heavy (non-hydrogen) atoms. The zero-order valence-electron chi connectivity index (χ0n) is 14.1. The fraction of sp³-hybridized carbons (Fsp3) is 0.0909. The van der Waals surface area contributed by atoms with Crippen LogP contribution in [0.4, 0.5) is 0 Å². The first-order valence-electron chi connectivity index (χ1n) is 8.32. The number of benzene rings is 3. The Bertz CT molecular complexity index is 930. The molecule has 0 spiro atoms. The van der Waals surface area contributed by atoms with Crippen molar-refractivity contribution in [2.45, 2.75) is 12.8 Å². The van der Waals surface area contributed by atoms with Gasteiger partial charge in [-0.2, -0.15) is 0 Å². The number of phenolic OH excluding ortho intramolecular Hbond substituents is 4. The summed E-state index contributed by atoms with van der Waals surface area (Å²) < 4.78 is 0. The molecule has 0 aliphatic carbocycles. The third-order valence-electron chi connectivity index (χ3n) is 4.26. The SMILES string of the molecule is Oc1ccc(C=Cc2ccc(O)c(O)c2CCc2ccccc2)cc1O. The maximum absolute atomic E-state index is 10.3. The van der Waals surface area contributed by atoms with Gasteiger partial charge in [0.1, 0.15) is 0 Å². The molecule has 4 heteroatoms.